The van der Waals surface area contributed by atoms with Crippen molar-refractivity contribution in [2.45, 2.75) is 269 Å². The standard InChI is InChI=1S/C66H116N4O12/c1-45(2)24-23-25-46(3)50-29-30-51-49-28-27-47-40-48(31-33-65(47,19)52(49)32-34-66(50,51)20)77-59(76)67-35-22-21-26-53(58(75)82-64(16,17)18)70(38-36-68(41-54(71)78-60(4,5)6)42-55(72)79-61(7,8)9)39-37-69(43-56(73)80-62(10,11)12)44-57(74)81-63(13,14)15/h27,45-46,48-53H,21-26,28-44H2,1-20H3,(H,67,76)/t46-,48+,49+,50-,51+,52+,53+,65+,66-/m1/s1. The number of rotatable bonds is 27. The monoisotopic (exact) mass is 1160 g/mol. The summed E-state index contributed by atoms with van der Waals surface area (Å²) in [6.45, 7) is 39.0. The van der Waals surface area contributed by atoms with E-state index < -0.39 is 70.0 Å². The number of nitrogens with one attached hydrogen (secondary N) is 1. The smallest absolute Gasteiger partial charge is 0.407 e. The van der Waals surface area contributed by atoms with E-state index in [0.29, 0.717) is 37.1 Å². The Labute approximate surface area is 496 Å². The third-order valence-corrected chi connectivity index (χ3v) is 17.3. The van der Waals surface area contributed by atoms with E-state index in [4.69, 9.17) is 28.4 Å². The Hall–Kier alpha value is -3.76. The van der Waals surface area contributed by atoms with E-state index >= 15 is 0 Å². The predicted octanol–water partition coefficient (Wildman–Crippen LogP) is 12.3. The van der Waals surface area contributed by atoms with E-state index in [1.165, 1.54) is 50.5 Å². The number of allylic oxidation sites excluding steroid dienone is 1. The van der Waals surface area contributed by atoms with Gasteiger partial charge in [0, 0.05) is 39.1 Å². The van der Waals surface area contributed by atoms with Gasteiger partial charge >= 0.3 is 35.9 Å². The summed E-state index contributed by atoms with van der Waals surface area (Å²) in [5, 5.41) is 3.01. The molecule has 0 bridgehead atoms. The van der Waals surface area contributed by atoms with E-state index in [9.17, 15) is 28.8 Å². The highest BCUT2D eigenvalue weighted by Crippen LogP contribution is 2.67. The van der Waals surface area contributed by atoms with Gasteiger partial charge in [0.05, 0.1) is 26.2 Å². The zero-order valence-electron chi connectivity index (χ0n) is 55.2. The van der Waals surface area contributed by atoms with Crippen molar-refractivity contribution in [1.82, 2.24) is 20.0 Å². The normalized spacial score (nSPS) is 24.9. The number of hydrogen-bond acceptors (Lipinski definition) is 15. The molecule has 0 aromatic carbocycles. The lowest BCUT2D eigenvalue weighted by molar-refractivity contribution is -0.164. The summed E-state index contributed by atoms with van der Waals surface area (Å²) in [7, 11) is 0. The molecule has 0 spiro atoms. The number of fused-ring (bicyclic) bond motifs is 5. The Morgan fingerprint density at radius 1 is 0.573 bits per heavy atom. The second kappa shape index (κ2) is 29.6. The van der Waals surface area contributed by atoms with Crippen LogP contribution in [-0.4, -0.2) is 150 Å². The van der Waals surface area contributed by atoms with Crippen LogP contribution in [0.2, 0.25) is 0 Å². The summed E-state index contributed by atoms with van der Waals surface area (Å²) in [6.07, 6.45) is 16.4. The fraction of sp³-hybridized carbons (Fsp3) is 0.879. The molecular weight excluding hydrogens is 1040 g/mol. The molecule has 9 atom stereocenters. The van der Waals surface area contributed by atoms with E-state index in [-0.39, 0.29) is 63.9 Å². The molecular formula is C66H116N4O12. The van der Waals surface area contributed by atoms with Crippen molar-refractivity contribution in [1.29, 1.82) is 0 Å². The van der Waals surface area contributed by atoms with Crippen molar-refractivity contribution in [3.8, 4) is 0 Å². The fourth-order valence-corrected chi connectivity index (χ4v) is 14.0. The molecule has 82 heavy (non-hydrogen) atoms. The zero-order chi connectivity index (χ0) is 61.8. The molecule has 4 rings (SSSR count). The Morgan fingerprint density at radius 2 is 1.06 bits per heavy atom. The molecule has 0 unspecified atom stereocenters. The number of hydrogen-bond donors (Lipinski definition) is 1. The van der Waals surface area contributed by atoms with Crippen LogP contribution in [0.5, 0.6) is 0 Å². The van der Waals surface area contributed by atoms with Crippen LogP contribution < -0.4 is 5.32 Å². The molecule has 3 fully saturated rings. The largest absolute Gasteiger partial charge is 0.459 e. The Bertz CT molecular complexity index is 2020. The SMILES string of the molecule is CC(C)CCC[C@@H](C)[C@H]1CC[C@H]2[C@@H]3CC=C4C[C@@H](OC(=O)NCCCC[C@@H](C(=O)OC(C)(C)C)N(CCN(CC(=O)OC(C)(C)C)CC(=O)OC(C)(C)C)CCN(CC(=O)OC(C)(C)C)CC(=O)OC(C)(C)C)CC[C@]4(C)[C@H]3CC[C@]12C. The topological polar surface area (TPSA) is 180 Å². The van der Waals surface area contributed by atoms with Gasteiger partial charge < -0.3 is 33.7 Å². The number of nitrogens with zero attached hydrogens (tertiary/aromatic N) is 3. The third kappa shape index (κ3) is 23.6. The maximum atomic E-state index is 14.5. The van der Waals surface area contributed by atoms with Gasteiger partial charge in [0.2, 0.25) is 0 Å². The molecule has 0 aliphatic heterocycles. The Kier molecular flexibility index (Phi) is 25.5. The minimum absolute atomic E-state index is 0.125. The van der Waals surface area contributed by atoms with E-state index in [2.05, 4.69) is 46.0 Å². The molecule has 16 nitrogen and oxygen atoms in total. The van der Waals surface area contributed by atoms with Crippen molar-refractivity contribution < 1.29 is 57.2 Å². The number of amides is 1. The average Bonchev–Trinajstić information content (AvgIpc) is 2.32. The van der Waals surface area contributed by atoms with Crippen LogP contribution >= 0.6 is 0 Å². The van der Waals surface area contributed by atoms with Crippen molar-refractivity contribution in [3.63, 3.8) is 0 Å². The number of carbonyl (C=O) groups is 6. The number of unbranched alkanes of at least 4 members (excludes halogenated alkanes) is 1. The highest BCUT2D eigenvalue weighted by atomic mass is 16.6. The van der Waals surface area contributed by atoms with Crippen molar-refractivity contribution >= 4 is 35.9 Å². The molecule has 1 N–H and O–H groups in total. The number of alkyl carbamates (subject to hydrolysis) is 1. The Morgan fingerprint density at radius 3 is 1.52 bits per heavy atom. The van der Waals surface area contributed by atoms with Gasteiger partial charge in [-0.25, -0.2) is 4.79 Å². The van der Waals surface area contributed by atoms with E-state index in [0.717, 1.165) is 55.3 Å². The van der Waals surface area contributed by atoms with Crippen LogP contribution in [0.15, 0.2) is 11.6 Å². The molecule has 0 heterocycles. The summed E-state index contributed by atoms with van der Waals surface area (Å²) in [5.41, 5.74) is -1.91. The summed E-state index contributed by atoms with van der Waals surface area (Å²) in [4.78, 5) is 86.5. The van der Waals surface area contributed by atoms with Gasteiger partial charge in [-0.3, -0.25) is 38.7 Å². The number of ether oxygens (including phenoxy) is 6. The molecule has 472 valence electrons. The highest BCUT2D eigenvalue weighted by Gasteiger charge is 2.59. The summed E-state index contributed by atoms with van der Waals surface area (Å²) >= 11 is 0. The maximum Gasteiger partial charge on any atom is 0.407 e. The predicted molar refractivity (Wildman–Crippen MR) is 323 cm³/mol. The summed E-state index contributed by atoms with van der Waals surface area (Å²) in [5.74, 6) is 1.94. The summed E-state index contributed by atoms with van der Waals surface area (Å²) in [6, 6.07) is -0.850. The summed E-state index contributed by atoms with van der Waals surface area (Å²) < 4.78 is 34.9. The quantitative estimate of drug-likeness (QED) is 0.0355. The lowest BCUT2D eigenvalue weighted by atomic mass is 9.47. The van der Waals surface area contributed by atoms with Gasteiger partial charge in [0.15, 0.2) is 0 Å². The molecule has 3 saturated carbocycles. The molecule has 16 heteroatoms. The highest BCUT2D eigenvalue weighted by molar-refractivity contribution is 5.77. The molecule has 1 amide bonds. The molecule has 0 aromatic heterocycles. The fourth-order valence-electron chi connectivity index (χ4n) is 14.0. The molecule has 4 aliphatic rings. The Balaban J connectivity index is 1.49. The first-order chi connectivity index (χ1) is 37.6. The minimum Gasteiger partial charge on any atom is -0.459 e. The number of esters is 5. The maximum absolute atomic E-state index is 14.5. The van der Waals surface area contributed by atoms with E-state index in [1.807, 2.05) is 4.90 Å². The first kappa shape index (κ1) is 70.7. The second-order valence-corrected chi connectivity index (χ2v) is 30.8. The van der Waals surface area contributed by atoms with Gasteiger partial charge in [-0.1, -0.05) is 65.5 Å². The lowest BCUT2D eigenvalue weighted by Gasteiger charge is -2.58. The zero-order valence-corrected chi connectivity index (χ0v) is 55.2. The van der Waals surface area contributed by atoms with Gasteiger partial charge in [-0.05, 0) is 214 Å². The van der Waals surface area contributed by atoms with Crippen molar-refractivity contribution in [2.24, 2.45) is 46.3 Å². The van der Waals surface area contributed by atoms with Crippen LogP contribution in [0.25, 0.3) is 0 Å². The van der Waals surface area contributed by atoms with Gasteiger partial charge in [-0.15, -0.1) is 0 Å². The van der Waals surface area contributed by atoms with Gasteiger partial charge in [-0.2, -0.15) is 0 Å². The van der Waals surface area contributed by atoms with Crippen molar-refractivity contribution in [2.75, 3.05) is 58.9 Å². The molecule has 0 saturated heterocycles. The number of carbonyl (C=O) groups excluding carboxylic acids is 6. The third-order valence-electron chi connectivity index (χ3n) is 17.3. The lowest BCUT2D eigenvalue weighted by Crippen LogP contribution is -2.51. The first-order valence-corrected chi connectivity index (χ1v) is 31.6. The van der Waals surface area contributed by atoms with Crippen LogP contribution in [0.3, 0.4) is 0 Å². The van der Waals surface area contributed by atoms with Crippen molar-refractivity contribution in [3.05, 3.63) is 11.6 Å². The van der Waals surface area contributed by atoms with Gasteiger partial charge in [0.1, 0.15) is 40.2 Å². The van der Waals surface area contributed by atoms with Crippen LogP contribution in [0.4, 0.5) is 4.79 Å². The van der Waals surface area contributed by atoms with Crippen LogP contribution in [0, 0.1) is 46.3 Å². The minimum atomic E-state index is -0.850. The molecule has 0 aromatic rings. The average molecular weight is 1160 g/mol. The second-order valence-electron chi connectivity index (χ2n) is 30.8. The van der Waals surface area contributed by atoms with E-state index in [1.54, 1.807) is 114 Å². The molecule has 0 radical (unpaired) electrons. The van der Waals surface area contributed by atoms with Gasteiger partial charge in [0.25, 0.3) is 0 Å². The first-order valence-electron chi connectivity index (χ1n) is 31.6. The molecule has 4 aliphatic carbocycles. The van der Waals surface area contributed by atoms with Crippen LogP contribution in [-0.2, 0) is 52.4 Å². The van der Waals surface area contributed by atoms with Crippen LogP contribution in [0.1, 0.15) is 228 Å².